The predicted molar refractivity (Wildman–Crippen MR) is 81.7 cm³/mol. The molecule has 0 fully saturated rings. The third kappa shape index (κ3) is 5.37. The highest BCUT2D eigenvalue weighted by atomic mass is 32.1. The van der Waals surface area contributed by atoms with Crippen molar-refractivity contribution in [1.82, 2.24) is 10.3 Å². The number of amides is 1. The molecular weight excluding hydrogens is 288 g/mol. The second kappa shape index (κ2) is 8.18. The minimum Gasteiger partial charge on any atom is -0.445 e. The molecule has 0 saturated heterocycles. The third-order valence-corrected chi connectivity index (χ3v) is 3.51. The molecule has 1 heterocycles. The molecule has 0 radical (unpaired) electrons. The largest absolute Gasteiger partial charge is 0.445 e. The third-order valence-electron chi connectivity index (χ3n) is 2.56. The first-order chi connectivity index (χ1) is 10.3. The molecule has 0 aliphatic carbocycles. The SMILES string of the molecule is O=C(NCC=Cc1ncc(CO)s1)OCc1ccccc1. The zero-order valence-electron chi connectivity index (χ0n) is 11.4. The molecule has 2 N–H and O–H groups in total. The van der Waals surface area contributed by atoms with Crippen molar-refractivity contribution in [1.29, 1.82) is 0 Å². The number of aliphatic hydroxyl groups is 1. The molecule has 0 aliphatic heterocycles. The monoisotopic (exact) mass is 304 g/mol. The van der Waals surface area contributed by atoms with Gasteiger partial charge in [-0.1, -0.05) is 36.4 Å². The van der Waals surface area contributed by atoms with E-state index in [1.165, 1.54) is 11.3 Å². The topological polar surface area (TPSA) is 71.5 Å². The van der Waals surface area contributed by atoms with E-state index < -0.39 is 6.09 Å². The lowest BCUT2D eigenvalue weighted by atomic mass is 10.2. The molecule has 0 atom stereocenters. The molecule has 21 heavy (non-hydrogen) atoms. The maximum Gasteiger partial charge on any atom is 0.407 e. The van der Waals surface area contributed by atoms with Crippen molar-refractivity contribution in [2.75, 3.05) is 6.54 Å². The molecule has 1 aromatic heterocycles. The van der Waals surface area contributed by atoms with Crippen molar-refractivity contribution >= 4 is 23.5 Å². The Morgan fingerprint density at radius 1 is 1.38 bits per heavy atom. The number of alkyl carbamates (subject to hydrolysis) is 1. The molecule has 5 nitrogen and oxygen atoms in total. The summed E-state index contributed by atoms with van der Waals surface area (Å²) in [5, 5.41) is 12.3. The maximum atomic E-state index is 11.5. The highest BCUT2D eigenvalue weighted by Crippen LogP contribution is 2.13. The van der Waals surface area contributed by atoms with Gasteiger partial charge in [0.15, 0.2) is 0 Å². The molecule has 6 heteroatoms. The van der Waals surface area contributed by atoms with Gasteiger partial charge in [0.2, 0.25) is 0 Å². The molecular formula is C15H16N2O3S. The standard InChI is InChI=1S/C15H16N2O3S/c18-10-13-9-17-14(21-13)7-4-8-16-15(19)20-11-12-5-2-1-3-6-12/h1-7,9,18H,8,10-11H2,(H,16,19). The number of aliphatic hydroxyl groups excluding tert-OH is 1. The number of thiazole rings is 1. The Kier molecular flexibility index (Phi) is 5.93. The van der Waals surface area contributed by atoms with Crippen molar-refractivity contribution in [2.45, 2.75) is 13.2 Å². The van der Waals surface area contributed by atoms with Crippen LogP contribution in [0.15, 0.2) is 42.6 Å². The lowest BCUT2D eigenvalue weighted by Gasteiger charge is -2.04. The lowest BCUT2D eigenvalue weighted by Crippen LogP contribution is -2.24. The van der Waals surface area contributed by atoms with E-state index in [4.69, 9.17) is 9.84 Å². The molecule has 0 aliphatic rings. The summed E-state index contributed by atoms with van der Waals surface area (Å²) >= 11 is 1.41. The van der Waals surface area contributed by atoms with E-state index in [0.29, 0.717) is 6.54 Å². The van der Waals surface area contributed by atoms with Crippen molar-refractivity contribution < 1.29 is 14.6 Å². The van der Waals surface area contributed by atoms with Crippen LogP contribution in [0.5, 0.6) is 0 Å². The van der Waals surface area contributed by atoms with E-state index in [1.54, 1.807) is 18.3 Å². The van der Waals surface area contributed by atoms with Crippen LogP contribution < -0.4 is 5.32 Å². The average Bonchev–Trinajstić information content (AvgIpc) is 2.98. The summed E-state index contributed by atoms with van der Waals surface area (Å²) in [5.41, 5.74) is 0.947. The van der Waals surface area contributed by atoms with Gasteiger partial charge in [0.25, 0.3) is 0 Å². The fourth-order valence-corrected chi connectivity index (χ4v) is 2.26. The van der Waals surface area contributed by atoms with Crippen molar-refractivity contribution in [3.05, 3.63) is 58.1 Å². The zero-order chi connectivity index (χ0) is 14.9. The number of hydrogen-bond acceptors (Lipinski definition) is 5. The van der Waals surface area contributed by atoms with Crippen LogP contribution >= 0.6 is 11.3 Å². The average molecular weight is 304 g/mol. The summed E-state index contributed by atoms with van der Waals surface area (Å²) in [4.78, 5) is 16.4. The maximum absolute atomic E-state index is 11.5. The molecule has 0 unspecified atom stereocenters. The van der Waals surface area contributed by atoms with Gasteiger partial charge < -0.3 is 15.2 Å². The summed E-state index contributed by atoms with van der Waals surface area (Å²) in [7, 11) is 0. The summed E-state index contributed by atoms with van der Waals surface area (Å²) < 4.78 is 5.07. The number of hydrogen-bond donors (Lipinski definition) is 2. The van der Waals surface area contributed by atoms with E-state index in [-0.39, 0.29) is 13.2 Å². The molecule has 1 aromatic carbocycles. The Morgan fingerprint density at radius 2 is 2.19 bits per heavy atom. The second-order valence-corrected chi connectivity index (χ2v) is 5.31. The van der Waals surface area contributed by atoms with Crippen LogP contribution in [-0.4, -0.2) is 22.7 Å². The molecule has 110 valence electrons. The Labute approximate surface area is 126 Å². The number of benzene rings is 1. The summed E-state index contributed by atoms with van der Waals surface area (Å²) in [5.74, 6) is 0. The Morgan fingerprint density at radius 3 is 2.90 bits per heavy atom. The Bertz CT molecular complexity index is 596. The molecule has 0 bridgehead atoms. The van der Waals surface area contributed by atoms with E-state index >= 15 is 0 Å². The number of nitrogens with zero attached hydrogens (tertiary/aromatic N) is 1. The number of ether oxygens (including phenoxy) is 1. The van der Waals surface area contributed by atoms with Gasteiger partial charge in [-0.05, 0) is 11.6 Å². The van der Waals surface area contributed by atoms with Gasteiger partial charge >= 0.3 is 6.09 Å². The fraction of sp³-hybridized carbons (Fsp3) is 0.200. The van der Waals surface area contributed by atoms with Crippen molar-refractivity contribution in [3.8, 4) is 0 Å². The zero-order valence-corrected chi connectivity index (χ0v) is 12.2. The number of carbonyl (C=O) groups excluding carboxylic acids is 1. The lowest BCUT2D eigenvalue weighted by molar-refractivity contribution is 0.141. The minimum atomic E-state index is -0.460. The van der Waals surface area contributed by atoms with Crippen LogP contribution in [0, 0.1) is 0 Å². The van der Waals surface area contributed by atoms with Crippen molar-refractivity contribution in [2.24, 2.45) is 0 Å². The first kappa shape index (κ1) is 15.2. The van der Waals surface area contributed by atoms with E-state index in [9.17, 15) is 4.79 Å². The van der Waals surface area contributed by atoms with Crippen LogP contribution in [-0.2, 0) is 18.0 Å². The van der Waals surface area contributed by atoms with Crippen LogP contribution in [0.3, 0.4) is 0 Å². The molecule has 0 spiro atoms. The van der Waals surface area contributed by atoms with Gasteiger partial charge in [0.05, 0.1) is 11.5 Å². The molecule has 2 aromatic rings. The Hall–Kier alpha value is -2.18. The first-order valence-corrected chi connectivity index (χ1v) is 7.26. The van der Waals surface area contributed by atoms with Gasteiger partial charge in [0, 0.05) is 12.7 Å². The number of nitrogens with one attached hydrogen (secondary N) is 1. The molecule has 2 rings (SSSR count). The number of aromatic nitrogens is 1. The van der Waals surface area contributed by atoms with Crippen LogP contribution in [0.1, 0.15) is 15.4 Å². The van der Waals surface area contributed by atoms with Crippen LogP contribution in [0.25, 0.3) is 6.08 Å². The number of carbonyl (C=O) groups is 1. The van der Waals surface area contributed by atoms with Gasteiger partial charge in [-0.15, -0.1) is 11.3 Å². The molecule has 1 amide bonds. The molecule has 0 saturated carbocycles. The van der Waals surface area contributed by atoms with Crippen LogP contribution in [0.4, 0.5) is 4.79 Å². The summed E-state index contributed by atoms with van der Waals surface area (Å²) in [6.07, 6.45) is 4.75. The normalized spacial score (nSPS) is 10.7. The van der Waals surface area contributed by atoms with Gasteiger partial charge in [0.1, 0.15) is 11.6 Å². The second-order valence-electron chi connectivity index (χ2n) is 4.17. The highest BCUT2D eigenvalue weighted by molar-refractivity contribution is 7.12. The van der Waals surface area contributed by atoms with Crippen molar-refractivity contribution in [3.63, 3.8) is 0 Å². The smallest absolute Gasteiger partial charge is 0.407 e. The highest BCUT2D eigenvalue weighted by Gasteiger charge is 2.00. The van der Waals surface area contributed by atoms with E-state index in [0.717, 1.165) is 15.4 Å². The minimum absolute atomic E-state index is 0.00440. The van der Waals surface area contributed by atoms with Gasteiger partial charge in [-0.2, -0.15) is 0 Å². The summed E-state index contributed by atoms with van der Waals surface area (Å²) in [6.45, 7) is 0.611. The quantitative estimate of drug-likeness (QED) is 0.860. The fourth-order valence-electron chi connectivity index (χ4n) is 1.55. The van der Waals surface area contributed by atoms with Crippen LogP contribution in [0.2, 0.25) is 0 Å². The number of rotatable bonds is 6. The predicted octanol–water partition coefficient (Wildman–Crippen LogP) is 2.58. The van der Waals surface area contributed by atoms with E-state index in [1.807, 2.05) is 30.3 Å². The Balaban J connectivity index is 1.67. The first-order valence-electron chi connectivity index (χ1n) is 6.44. The van der Waals surface area contributed by atoms with Gasteiger partial charge in [-0.25, -0.2) is 9.78 Å². The van der Waals surface area contributed by atoms with E-state index in [2.05, 4.69) is 10.3 Å². The summed E-state index contributed by atoms with van der Waals surface area (Å²) in [6, 6.07) is 9.50. The van der Waals surface area contributed by atoms with Gasteiger partial charge in [-0.3, -0.25) is 0 Å².